The predicted octanol–water partition coefficient (Wildman–Crippen LogP) is 2.13. The molecule has 2 heterocycles. The molecule has 166 valence electrons. The molecular formula is C20H30N4O6. The Morgan fingerprint density at radius 2 is 2.00 bits per heavy atom. The van der Waals surface area contributed by atoms with E-state index in [2.05, 4.69) is 11.9 Å². The van der Waals surface area contributed by atoms with Gasteiger partial charge in [0.2, 0.25) is 0 Å². The van der Waals surface area contributed by atoms with E-state index in [-0.39, 0.29) is 19.0 Å². The molecule has 1 aromatic heterocycles. The van der Waals surface area contributed by atoms with Gasteiger partial charge in [-0.3, -0.25) is 4.57 Å². The van der Waals surface area contributed by atoms with Crippen LogP contribution in [0, 0.1) is 17.2 Å². The van der Waals surface area contributed by atoms with E-state index in [0.29, 0.717) is 0 Å². The maximum atomic E-state index is 12.0. The Balaban J connectivity index is 1.75. The Morgan fingerprint density at radius 3 is 2.67 bits per heavy atom. The van der Waals surface area contributed by atoms with Crippen LogP contribution in [-0.4, -0.2) is 46.2 Å². The number of nitrogen functional groups attached to an aromatic ring is 1. The van der Waals surface area contributed by atoms with Crippen LogP contribution in [-0.2, 0) is 14.2 Å². The summed E-state index contributed by atoms with van der Waals surface area (Å²) in [4.78, 5) is 27.3. The molecule has 0 saturated carbocycles. The van der Waals surface area contributed by atoms with E-state index in [4.69, 9.17) is 19.9 Å². The molecule has 4 atom stereocenters. The fourth-order valence-electron chi connectivity index (χ4n) is 3.29. The molecule has 1 aliphatic rings. The normalized spacial score (nSPS) is 23.1. The first-order valence-electron chi connectivity index (χ1n) is 10.3. The minimum atomic E-state index is -1.25. The maximum Gasteiger partial charge on any atom is 0.508 e. The van der Waals surface area contributed by atoms with E-state index < -0.39 is 36.2 Å². The van der Waals surface area contributed by atoms with Gasteiger partial charge < -0.3 is 25.1 Å². The minimum Gasteiger partial charge on any atom is -0.434 e. The van der Waals surface area contributed by atoms with Crippen molar-refractivity contribution in [3.8, 4) is 6.07 Å². The number of nitrogens with zero attached hydrogens (tertiary/aromatic N) is 3. The molecule has 0 amide bonds. The highest BCUT2D eigenvalue weighted by Crippen LogP contribution is 2.33. The number of aromatic nitrogens is 2. The molecule has 0 unspecified atom stereocenters. The molecule has 1 aromatic rings. The monoisotopic (exact) mass is 422 g/mol. The van der Waals surface area contributed by atoms with Gasteiger partial charge in [0, 0.05) is 6.20 Å². The summed E-state index contributed by atoms with van der Waals surface area (Å²) in [7, 11) is 0. The fourth-order valence-corrected chi connectivity index (χ4v) is 3.29. The van der Waals surface area contributed by atoms with Crippen molar-refractivity contribution in [1.29, 1.82) is 5.26 Å². The topological polar surface area (TPSA) is 150 Å². The number of carbonyl (C=O) groups excluding carboxylic acids is 1. The molecule has 30 heavy (non-hydrogen) atoms. The molecule has 0 bridgehead atoms. The van der Waals surface area contributed by atoms with E-state index in [1.54, 1.807) is 0 Å². The summed E-state index contributed by atoms with van der Waals surface area (Å²) >= 11 is 0. The summed E-state index contributed by atoms with van der Waals surface area (Å²) in [6.45, 7) is 2.13. The summed E-state index contributed by atoms with van der Waals surface area (Å²) in [5.41, 5.74) is 4.76. The van der Waals surface area contributed by atoms with Gasteiger partial charge in [-0.15, -0.1) is 0 Å². The Morgan fingerprint density at radius 1 is 1.30 bits per heavy atom. The molecule has 1 saturated heterocycles. The van der Waals surface area contributed by atoms with E-state index >= 15 is 0 Å². The quantitative estimate of drug-likeness (QED) is 0.404. The van der Waals surface area contributed by atoms with Gasteiger partial charge in [0.05, 0.1) is 12.7 Å². The SMILES string of the molecule is CCCCCCCCCOC(=O)OC[C@H]1O[C@@H](n2ccc(N)nc2=O)[C@@H](C#N)[C@@H]1O. The average Bonchev–Trinajstić information content (AvgIpc) is 3.03. The highest BCUT2D eigenvalue weighted by atomic mass is 16.7. The Hall–Kier alpha value is -2.64. The first kappa shape index (κ1) is 23.6. The van der Waals surface area contributed by atoms with Gasteiger partial charge in [0.25, 0.3) is 0 Å². The van der Waals surface area contributed by atoms with Crippen LogP contribution < -0.4 is 11.4 Å². The van der Waals surface area contributed by atoms with Crippen molar-refractivity contribution >= 4 is 12.0 Å². The van der Waals surface area contributed by atoms with E-state index in [0.717, 1.165) is 23.8 Å². The van der Waals surface area contributed by atoms with Crippen LogP contribution in [0.3, 0.4) is 0 Å². The van der Waals surface area contributed by atoms with Crippen molar-refractivity contribution in [1.82, 2.24) is 9.55 Å². The first-order valence-corrected chi connectivity index (χ1v) is 10.3. The van der Waals surface area contributed by atoms with Crippen LogP contribution in [0.2, 0.25) is 0 Å². The molecule has 0 aliphatic carbocycles. The summed E-state index contributed by atoms with van der Waals surface area (Å²) in [5, 5.41) is 19.7. The third-order valence-corrected chi connectivity index (χ3v) is 4.98. The number of hydrogen-bond acceptors (Lipinski definition) is 9. The highest BCUT2D eigenvalue weighted by Gasteiger charge is 2.46. The molecule has 0 radical (unpaired) electrons. The van der Waals surface area contributed by atoms with Crippen LogP contribution in [0.4, 0.5) is 10.6 Å². The molecule has 1 fully saturated rings. The first-order chi connectivity index (χ1) is 14.5. The second-order valence-electron chi connectivity index (χ2n) is 7.28. The molecule has 2 rings (SSSR count). The van der Waals surface area contributed by atoms with E-state index in [9.17, 15) is 20.0 Å². The second kappa shape index (κ2) is 12.1. The number of nitrogens with two attached hydrogens (primary N) is 1. The number of aliphatic hydroxyl groups excluding tert-OH is 1. The predicted molar refractivity (Wildman–Crippen MR) is 107 cm³/mol. The Kier molecular flexibility index (Phi) is 9.57. The summed E-state index contributed by atoms with van der Waals surface area (Å²) in [5.74, 6) is -1.00. The standard InChI is InChI=1S/C20H30N4O6/c1-2-3-4-5-6-7-8-11-28-20(27)29-13-15-17(25)14(12-21)18(30-15)24-10-9-16(22)23-19(24)26/h9-10,14-15,17-18,25H,2-8,11,13H2,1H3,(H2,22,23,26)/t14-,15+,17-,18+/m0/s1. The number of carbonyl (C=O) groups is 1. The number of hydrogen-bond donors (Lipinski definition) is 2. The van der Waals surface area contributed by atoms with Crippen molar-refractivity contribution in [3.63, 3.8) is 0 Å². The van der Waals surface area contributed by atoms with Crippen LogP contribution in [0.25, 0.3) is 0 Å². The molecule has 3 N–H and O–H groups in total. The molecule has 10 heteroatoms. The Bertz CT molecular complexity index is 777. The average molecular weight is 422 g/mol. The smallest absolute Gasteiger partial charge is 0.434 e. The van der Waals surface area contributed by atoms with Crippen LogP contribution >= 0.6 is 0 Å². The number of unbranched alkanes of at least 4 members (excludes halogenated alkanes) is 6. The van der Waals surface area contributed by atoms with Crippen molar-refractivity contribution in [3.05, 3.63) is 22.7 Å². The van der Waals surface area contributed by atoms with Crippen molar-refractivity contribution in [2.75, 3.05) is 18.9 Å². The zero-order valence-corrected chi connectivity index (χ0v) is 17.2. The van der Waals surface area contributed by atoms with Gasteiger partial charge in [-0.25, -0.2) is 9.59 Å². The molecule has 0 aromatic carbocycles. The van der Waals surface area contributed by atoms with E-state index in [1.807, 2.05) is 6.07 Å². The second-order valence-corrected chi connectivity index (χ2v) is 7.28. The lowest BCUT2D eigenvalue weighted by Gasteiger charge is -2.16. The minimum absolute atomic E-state index is 0.0342. The maximum absolute atomic E-state index is 12.0. The van der Waals surface area contributed by atoms with E-state index in [1.165, 1.54) is 37.9 Å². The number of ether oxygens (including phenoxy) is 3. The zero-order valence-electron chi connectivity index (χ0n) is 17.2. The van der Waals surface area contributed by atoms with Crippen LogP contribution in [0.15, 0.2) is 17.1 Å². The van der Waals surface area contributed by atoms with Crippen molar-refractivity contribution < 1.29 is 24.1 Å². The molecule has 1 aliphatic heterocycles. The van der Waals surface area contributed by atoms with Crippen molar-refractivity contribution in [2.45, 2.75) is 70.3 Å². The molecule has 0 spiro atoms. The lowest BCUT2D eigenvalue weighted by atomic mass is 10.0. The number of rotatable bonds is 11. The summed E-state index contributed by atoms with van der Waals surface area (Å²) < 4.78 is 16.7. The third-order valence-electron chi connectivity index (χ3n) is 4.98. The number of anilines is 1. The lowest BCUT2D eigenvalue weighted by Crippen LogP contribution is -2.32. The van der Waals surface area contributed by atoms with Crippen LogP contribution in [0.1, 0.15) is 58.1 Å². The Labute approximate surface area is 175 Å². The third kappa shape index (κ3) is 6.71. The molecule has 10 nitrogen and oxygen atoms in total. The number of nitriles is 1. The van der Waals surface area contributed by atoms with Crippen LogP contribution in [0.5, 0.6) is 0 Å². The lowest BCUT2D eigenvalue weighted by molar-refractivity contribution is -0.0595. The summed E-state index contributed by atoms with van der Waals surface area (Å²) in [6.07, 6.45) is 4.90. The van der Waals surface area contributed by atoms with Gasteiger partial charge >= 0.3 is 11.8 Å². The zero-order chi connectivity index (χ0) is 21.9. The largest absolute Gasteiger partial charge is 0.508 e. The number of aliphatic hydroxyl groups is 1. The van der Waals surface area contributed by atoms with Gasteiger partial charge in [-0.1, -0.05) is 45.4 Å². The summed E-state index contributed by atoms with van der Waals surface area (Å²) in [6, 6.07) is 3.31. The van der Waals surface area contributed by atoms with Gasteiger partial charge in [0.1, 0.15) is 30.6 Å². The highest BCUT2D eigenvalue weighted by molar-refractivity contribution is 5.59. The fraction of sp³-hybridized carbons (Fsp3) is 0.700. The van der Waals surface area contributed by atoms with Crippen molar-refractivity contribution in [2.24, 2.45) is 5.92 Å². The molecular weight excluding hydrogens is 392 g/mol. The van der Waals surface area contributed by atoms with Gasteiger partial charge in [0.15, 0.2) is 6.23 Å². The van der Waals surface area contributed by atoms with Gasteiger partial charge in [-0.2, -0.15) is 10.2 Å². The van der Waals surface area contributed by atoms with Gasteiger partial charge in [-0.05, 0) is 12.5 Å².